The van der Waals surface area contributed by atoms with Gasteiger partial charge in [-0.25, -0.2) is 9.50 Å². The molecule has 158 valence electrons. The van der Waals surface area contributed by atoms with Crippen molar-refractivity contribution >= 4 is 11.6 Å². The number of hydrogen-bond donors (Lipinski definition) is 2. The van der Waals surface area contributed by atoms with Crippen LogP contribution in [0.5, 0.6) is 0 Å². The molecule has 2 aromatic rings. The fourth-order valence-corrected chi connectivity index (χ4v) is 4.52. The predicted molar refractivity (Wildman–Crippen MR) is 101 cm³/mol. The topological polar surface area (TPSA) is 85.3 Å². The molecule has 2 aromatic heterocycles. The molecule has 2 fully saturated rings. The van der Waals surface area contributed by atoms with Crippen LogP contribution in [0.1, 0.15) is 56.0 Å². The molecule has 1 saturated carbocycles. The van der Waals surface area contributed by atoms with Crippen molar-refractivity contribution in [3.05, 3.63) is 29.7 Å². The van der Waals surface area contributed by atoms with E-state index in [-0.39, 0.29) is 31.3 Å². The van der Waals surface area contributed by atoms with Gasteiger partial charge in [0.15, 0.2) is 5.65 Å². The van der Waals surface area contributed by atoms with Crippen LogP contribution in [-0.2, 0) is 11.2 Å². The zero-order valence-corrected chi connectivity index (χ0v) is 16.2. The third-order valence-electron chi connectivity index (χ3n) is 6.27. The molecule has 2 aliphatic rings. The van der Waals surface area contributed by atoms with Gasteiger partial charge in [-0.3, -0.25) is 4.79 Å². The van der Waals surface area contributed by atoms with Gasteiger partial charge in [-0.2, -0.15) is 18.3 Å². The molecule has 1 unspecified atom stereocenters. The Bertz CT molecular complexity index is 875. The highest BCUT2D eigenvalue weighted by atomic mass is 19.4. The summed E-state index contributed by atoms with van der Waals surface area (Å²) in [6.45, 7) is -0.352. The van der Waals surface area contributed by atoms with Crippen LogP contribution in [-0.4, -0.2) is 33.2 Å². The van der Waals surface area contributed by atoms with Crippen molar-refractivity contribution in [2.45, 2.75) is 57.2 Å². The molecule has 9 heteroatoms. The summed E-state index contributed by atoms with van der Waals surface area (Å²) in [7, 11) is 0. The zero-order chi connectivity index (χ0) is 20.6. The second-order valence-electron chi connectivity index (χ2n) is 8.34. The van der Waals surface area contributed by atoms with Crippen molar-refractivity contribution in [2.75, 3.05) is 6.54 Å². The Morgan fingerprint density at radius 3 is 2.72 bits per heavy atom. The number of hydrogen-bond acceptors (Lipinski definition) is 4. The van der Waals surface area contributed by atoms with E-state index >= 15 is 0 Å². The van der Waals surface area contributed by atoms with E-state index in [1.807, 2.05) is 0 Å². The Kier molecular flexibility index (Phi) is 5.50. The Hall–Kier alpha value is -2.16. The summed E-state index contributed by atoms with van der Waals surface area (Å²) in [6.07, 6.45) is 3.29. The SMILES string of the molecule is N[C@H](c1cn2nc(CC3C[C@@H](C(F)(F)F)CNC3=O)ccc2n1)C1CCCCC1. The van der Waals surface area contributed by atoms with Crippen molar-refractivity contribution in [2.24, 2.45) is 23.5 Å². The molecule has 0 spiro atoms. The normalized spacial score (nSPS) is 25.2. The summed E-state index contributed by atoms with van der Waals surface area (Å²) in [5, 5.41) is 6.86. The predicted octanol–water partition coefficient (Wildman–Crippen LogP) is 3.17. The number of carbonyl (C=O) groups excluding carboxylic acids is 1. The van der Waals surface area contributed by atoms with Gasteiger partial charge in [-0.15, -0.1) is 0 Å². The number of rotatable bonds is 4. The molecule has 3 atom stereocenters. The van der Waals surface area contributed by atoms with Crippen LogP contribution in [0.3, 0.4) is 0 Å². The fourth-order valence-electron chi connectivity index (χ4n) is 4.52. The van der Waals surface area contributed by atoms with Crippen molar-refractivity contribution < 1.29 is 18.0 Å². The molecule has 0 radical (unpaired) electrons. The van der Waals surface area contributed by atoms with Crippen LogP contribution in [0.25, 0.3) is 5.65 Å². The van der Waals surface area contributed by atoms with E-state index in [0.29, 0.717) is 17.3 Å². The molecule has 1 saturated heterocycles. The average Bonchev–Trinajstić information content (AvgIpc) is 3.12. The summed E-state index contributed by atoms with van der Waals surface area (Å²) in [5.74, 6) is -2.19. The lowest BCUT2D eigenvalue weighted by atomic mass is 9.83. The standard InChI is InChI=1S/C20H26F3N5O/c21-20(22,23)14-8-13(19(29)25-10-14)9-15-6-7-17-26-16(11-28(17)27-15)18(24)12-4-2-1-3-5-12/h6-7,11-14,18H,1-5,8-10,24H2,(H,25,29)/t13?,14-,18+/m1/s1. The molecule has 0 aromatic carbocycles. The fraction of sp³-hybridized carbons (Fsp3) is 0.650. The number of amides is 1. The Labute approximate surface area is 167 Å². The minimum atomic E-state index is -4.31. The van der Waals surface area contributed by atoms with E-state index in [4.69, 9.17) is 5.73 Å². The molecule has 29 heavy (non-hydrogen) atoms. The molecule has 0 bridgehead atoms. The second kappa shape index (κ2) is 7.93. The number of fused-ring (bicyclic) bond motifs is 1. The highest BCUT2D eigenvalue weighted by Crippen LogP contribution is 2.34. The van der Waals surface area contributed by atoms with Gasteiger partial charge in [-0.1, -0.05) is 19.3 Å². The Morgan fingerprint density at radius 2 is 2.00 bits per heavy atom. The van der Waals surface area contributed by atoms with Gasteiger partial charge in [0, 0.05) is 18.9 Å². The Balaban J connectivity index is 1.49. The summed E-state index contributed by atoms with van der Waals surface area (Å²) in [6, 6.07) is 3.36. The van der Waals surface area contributed by atoms with Crippen LogP contribution >= 0.6 is 0 Å². The largest absolute Gasteiger partial charge is 0.393 e. The van der Waals surface area contributed by atoms with Crippen LogP contribution in [0, 0.1) is 17.8 Å². The van der Waals surface area contributed by atoms with Crippen LogP contribution in [0.4, 0.5) is 13.2 Å². The maximum Gasteiger partial charge on any atom is 0.393 e. The van der Waals surface area contributed by atoms with Crippen molar-refractivity contribution in [1.82, 2.24) is 19.9 Å². The average molecular weight is 409 g/mol. The van der Waals surface area contributed by atoms with Crippen LogP contribution in [0.2, 0.25) is 0 Å². The van der Waals surface area contributed by atoms with Crippen LogP contribution < -0.4 is 11.1 Å². The number of imidazole rings is 1. The lowest BCUT2D eigenvalue weighted by molar-refractivity contribution is -0.183. The number of nitrogens with zero attached hydrogens (tertiary/aromatic N) is 3. The van der Waals surface area contributed by atoms with Gasteiger partial charge < -0.3 is 11.1 Å². The van der Waals surface area contributed by atoms with E-state index in [9.17, 15) is 18.0 Å². The minimum absolute atomic E-state index is 0.142. The number of carbonyl (C=O) groups is 1. The Morgan fingerprint density at radius 1 is 1.24 bits per heavy atom. The van der Waals surface area contributed by atoms with Gasteiger partial charge in [0.1, 0.15) is 0 Å². The van der Waals surface area contributed by atoms with E-state index in [2.05, 4.69) is 15.4 Å². The second-order valence-corrected chi connectivity index (χ2v) is 8.34. The number of alkyl halides is 3. The third-order valence-corrected chi connectivity index (χ3v) is 6.27. The smallest absolute Gasteiger partial charge is 0.355 e. The summed E-state index contributed by atoms with van der Waals surface area (Å²) in [5.41, 5.74) is 8.43. The van der Waals surface area contributed by atoms with E-state index in [0.717, 1.165) is 18.5 Å². The molecule has 3 heterocycles. The third kappa shape index (κ3) is 4.39. The number of nitrogens with two attached hydrogens (primary N) is 1. The number of piperidine rings is 1. The first-order valence-corrected chi connectivity index (χ1v) is 10.3. The lowest BCUT2D eigenvalue weighted by Gasteiger charge is -2.30. The summed E-state index contributed by atoms with van der Waals surface area (Å²) in [4.78, 5) is 16.6. The van der Waals surface area contributed by atoms with Gasteiger partial charge in [0.2, 0.25) is 5.91 Å². The zero-order valence-electron chi connectivity index (χ0n) is 16.2. The minimum Gasteiger partial charge on any atom is -0.355 e. The van der Waals surface area contributed by atoms with Gasteiger partial charge in [-0.05, 0) is 37.3 Å². The molecule has 4 rings (SSSR count). The molecule has 1 aliphatic heterocycles. The number of nitrogens with one attached hydrogen (secondary N) is 1. The first-order chi connectivity index (χ1) is 13.8. The first-order valence-electron chi connectivity index (χ1n) is 10.3. The molecule has 1 aliphatic carbocycles. The molecule has 3 N–H and O–H groups in total. The van der Waals surface area contributed by atoms with Crippen molar-refractivity contribution in [1.29, 1.82) is 0 Å². The molecular formula is C20H26F3N5O. The lowest BCUT2D eigenvalue weighted by Crippen LogP contribution is -2.47. The summed E-state index contributed by atoms with van der Waals surface area (Å²) < 4.78 is 40.7. The van der Waals surface area contributed by atoms with Crippen molar-refractivity contribution in [3.8, 4) is 0 Å². The van der Waals surface area contributed by atoms with Gasteiger partial charge in [0.25, 0.3) is 0 Å². The van der Waals surface area contributed by atoms with Gasteiger partial charge >= 0.3 is 6.18 Å². The maximum atomic E-state index is 13.0. The van der Waals surface area contributed by atoms with Crippen molar-refractivity contribution in [3.63, 3.8) is 0 Å². The number of halogens is 3. The summed E-state index contributed by atoms with van der Waals surface area (Å²) >= 11 is 0. The molecule has 1 amide bonds. The first kappa shape index (κ1) is 20.1. The molecular weight excluding hydrogens is 383 g/mol. The molecule has 6 nitrogen and oxygen atoms in total. The van der Waals surface area contributed by atoms with Gasteiger partial charge in [0.05, 0.1) is 29.5 Å². The monoisotopic (exact) mass is 409 g/mol. The van der Waals surface area contributed by atoms with E-state index < -0.39 is 18.0 Å². The quantitative estimate of drug-likeness (QED) is 0.812. The number of aromatic nitrogens is 3. The highest BCUT2D eigenvalue weighted by molar-refractivity contribution is 5.79. The van der Waals surface area contributed by atoms with E-state index in [1.54, 1.807) is 22.8 Å². The highest BCUT2D eigenvalue weighted by Gasteiger charge is 2.44. The maximum absolute atomic E-state index is 13.0. The van der Waals surface area contributed by atoms with Crippen LogP contribution in [0.15, 0.2) is 18.3 Å². The van der Waals surface area contributed by atoms with E-state index in [1.165, 1.54) is 19.3 Å².